The molecule has 1 aromatic rings. The molecule has 3 N–H and O–H groups in total. The van der Waals surface area contributed by atoms with Crippen molar-refractivity contribution in [3.8, 4) is 0 Å². The number of nitrogens with one attached hydrogen (secondary N) is 1. The normalized spacial score (nSPS) is 16.4. The monoisotopic (exact) mass is 382 g/mol. The molecule has 26 heavy (non-hydrogen) atoms. The number of benzene rings is 1. The molecule has 2 rings (SSSR count). The molecule has 1 fully saturated rings. The van der Waals surface area contributed by atoms with Gasteiger partial charge >= 0.3 is 0 Å². The second kappa shape index (κ2) is 10.4. The highest BCUT2D eigenvalue weighted by molar-refractivity contribution is 5.86. The number of rotatable bonds is 7. The Hall–Kier alpha value is -1.79. The Morgan fingerprint density at radius 3 is 2.35 bits per heavy atom. The van der Waals surface area contributed by atoms with Crippen molar-refractivity contribution in [2.24, 2.45) is 5.73 Å². The Bertz CT molecular complexity index is 572. The minimum absolute atomic E-state index is 0. The van der Waals surface area contributed by atoms with Crippen molar-refractivity contribution in [1.82, 2.24) is 10.2 Å². The minimum atomic E-state index is -0.862. The Balaban J connectivity index is 0.00000338. The lowest BCUT2D eigenvalue weighted by atomic mass is 9.96. The summed E-state index contributed by atoms with van der Waals surface area (Å²) in [6.07, 6.45) is 1.80. The molecule has 146 valence electrons. The molecule has 1 saturated heterocycles. The Kier molecular flexibility index (Phi) is 8.88. The van der Waals surface area contributed by atoms with Gasteiger partial charge in [0.05, 0.1) is 5.54 Å². The van der Waals surface area contributed by atoms with E-state index < -0.39 is 5.54 Å². The van der Waals surface area contributed by atoms with Crippen LogP contribution in [0.4, 0.5) is 5.69 Å². The van der Waals surface area contributed by atoms with Crippen molar-refractivity contribution >= 4 is 29.9 Å². The molecule has 0 spiro atoms. The number of hydrogen-bond acceptors (Lipinski definition) is 4. The molecule has 6 nitrogen and oxygen atoms in total. The number of carbonyl (C=O) groups is 2. The minimum Gasteiger partial charge on any atom is -0.368 e. The maximum atomic E-state index is 12.3. The second-order valence-electron chi connectivity index (χ2n) is 6.88. The second-order valence-corrected chi connectivity index (χ2v) is 6.88. The predicted molar refractivity (Wildman–Crippen MR) is 108 cm³/mol. The van der Waals surface area contributed by atoms with Crippen molar-refractivity contribution in [3.63, 3.8) is 0 Å². The molecule has 1 aromatic carbocycles. The van der Waals surface area contributed by atoms with Crippen LogP contribution in [0, 0.1) is 0 Å². The zero-order valence-corrected chi connectivity index (χ0v) is 16.6. The first kappa shape index (κ1) is 22.3. The van der Waals surface area contributed by atoms with Crippen LogP contribution in [0.15, 0.2) is 30.3 Å². The molecule has 1 unspecified atom stereocenters. The van der Waals surface area contributed by atoms with Gasteiger partial charge in [0.25, 0.3) is 0 Å². The molecule has 0 aliphatic carbocycles. The lowest BCUT2D eigenvalue weighted by molar-refractivity contribution is -0.131. The number of amides is 2. The van der Waals surface area contributed by atoms with Gasteiger partial charge in [-0.1, -0.05) is 31.5 Å². The molecular formula is C19H31ClN4O2. The van der Waals surface area contributed by atoms with E-state index in [2.05, 4.69) is 22.3 Å². The topological polar surface area (TPSA) is 78.7 Å². The largest absolute Gasteiger partial charge is 0.368 e. The molecule has 7 heteroatoms. The van der Waals surface area contributed by atoms with Crippen LogP contribution in [0.2, 0.25) is 0 Å². The van der Waals surface area contributed by atoms with Crippen LogP contribution < -0.4 is 16.0 Å². The van der Waals surface area contributed by atoms with Crippen molar-refractivity contribution in [2.75, 3.05) is 37.6 Å². The molecule has 0 bridgehead atoms. The summed E-state index contributed by atoms with van der Waals surface area (Å²) in [6, 6.07) is 10.2. The van der Waals surface area contributed by atoms with Gasteiger partial charge in [0.2, 0.25) is 11.8 Å². The van der Waals surface area contributed by atoms with E-state index in [4.69, 9.17) is 5.73 Å². The summed E-state index contributed by atoms with van der Waals surface area (Å²) >= 11 is 0. The van der Waals surface area contributed by atoms with Gasteiger partial charge < -0.3 is 20.9 Å². The maximum absolute atomic E-state index is 12.3. The van der Waals surface area contributed by atoms with Crippen molar-refractivity contribution in [3.05, 3.63) is 30.3 Å². The van der Waals surface area contributed by atoms with Gasteiger partial charge in [0, 0.05) is 44.8 Å². The summed E-state index contributed by atoms with van der Waals surface area (Å²) in [6.45, 7) is 7.16. The van der Waals surface area contributed by atoms with Crippen LogP contribution in [-0.4, -0.2) is 55.0 Å². The summed E-state index contributed by atoms with van der Waals surface area (Å²) < 4.78 is 0. The molecule has 1 heterocycles. The summed E-state index contributed by atoms with van der Waals surface area (Å²) in [5, 5.41) is 2.79. The highest BCUT2D eigenvalue weighted by Gasteiger charge is 2.27. The molecule has 0 saturated carbocycles. The van der Waals surface area contributed by atoms with E-state index in [1.807, 2.05) is 30.0 Å². The van der Waals surface area contributed by atoms with Crippen LogP contribution in [-0.2, 0) is 9.59 Å². The highest BCUT2D eigenvalue weighted by Crippen LogP contribution is 2.15. The van der Waals surface area contributed by atoms with E-state index in [0.717, 1.165) is 19.5 Å². The number of piperazine rings is 1. The van der Waals surface area contributed by atoms with Gasteiger partial charge in [-0.3, -0.25) is 9.59 Å². The SMILES string of the molecule is CCCC(C)(N)C(=O)NCCC(=O)N1CCN(c2ccccc2)CC1.Cl. The van der Waals surface area contributed by atoms with E-state index in [9.17, 15) is 9.59 Å². The number of hydrogen-bond donors (Lipinski definition) is 2. The summed E-state index contributed by atoms with van der Waals surface area (Å²) in [5.74, 6) is -0.0988. The highest BCUT2D eigenvalue weighted by atomic mass is 35.5. The van der Waals surface area contributed by atoms with Crippen molar-refractivity contribution in [1.29, 1.82) is 0 Å². The Labute approximate surface area is 162 Å². The fourth-order valence-corrected chi connectivity index (χ4v) is 3.13. The molecule has 0 radical (unpaired) electrons. The van der Waals surface area contributed by atoms with E-state index in [1.54, 1.807) is 6.92 Å². The molecule has 1 aliphatic rings. The van der Waals surface area contributed by atoms with Crippen LogP contribution in [0.1, 0.15) is 33.1 Å². The number of nitrogens with zero attached hydrogens (tertiary/aromatic N) is 2. The predicted octanol–water partition coefficient (Wildman–Crippen LogP) is 1.78. The number of para-hydroxylation sites is 1. The maximum Gasteiger partial charge on any atom is 0.239 e. The van der Waals surface area contributed by atoms with Gasteiger partial charge in [-0.25, -0.2) is 0 Å². The van der Waals surface area contributed by atoms with Crippen LogP contribution in [0.3, 0.4) is 0 Å². The third-order valence-corrected chi connectivity index (χ3v) is 4.67. The smallest absolute Gasteiger partial charge is 0.239 e. The lowest BCUT2D eigenvalue weighted by Gasteiger charge is -2.36. The first-order chi connectivity index (χ1) is 11.9. The Morgan fingerprint density at radius 2 is 1.77 bits per heavy atom. The van der Waals surface area contributed by atoms with Gasteiger partial charge in [-0.2, -0.15) is 0 Å². The van der Waals surface area contributed by atoms with Crippen LogP contribution in [0.25, 0.3) is 0 Å². The first-order valence-corrected chi connectivity index (χ1v) is 9.09. The molecule has 1 atom stereocenters. The quantitative estimate of drug-likeness (QED) is 0.753. The average Bonchev–Trinajstić information content (AvgIpc) is 2.62. The number of halogens is 1. The van der Waals surface area contributed by atoms with E-state index in [0.29, 0.717) is 32.5 Å². The van der Waals surface area contributed by atoms with E-state index >= 15 is 0 Å². The van der Waals surface area contributed by atoms with Gasteiger partial charge in [0.15, 0.2) is 0 Å². The fraction of sp³-hybridized carbons (Fsp3) is 0.579. The Morgan fingerprint density at radius 1 is 1.15 bits per heavy atom. The summed E-state index contributed by atoms with van der Waals surface area (Å²) in [7, 11) is 0. The first-order valence-electron chi connectivity index (χ1n) is 9.09. The summed E-state index contributed by atoms with van der Waals surface area (Å²) in [4.78, 5) is 28.5. The standard InChI is InChI=1S/C19H30N4O2.ClH/c1-3-10-19(2,20)18(25)21-11-9-17(24)23-14-12-22(13-15-23)16-7-5-4-6-8-16;/h4-8H,3,9-15,20H2,1-2H3,(H,21,25);1H. The third-order valence-electron chi connectivity index (χ3n) is 4.67. The lowest BCUT2D eigenvalue weighted by Crippen LogP contribution is -2.52. The van der Waals surface area contributed by atoms with Gasteiger partial charge in [-0.15, -0.1) is 12.4 Å². The summed E-state index contributed by atoms with van der Waals surface area (Å²) in [5.41, 5.74) is 6.32. The van der Waals surface area contributed by atoms with Crippen molar-refractivity contribution < 1.29 is 9.59 Å². The molecule has 1 aliphatic heterocycles. The van der Waals surface area contributed by atoms with E-state index in [-0.39, 0.29) is 24.2 Å². The third kappa shape index (κ3) is 6.18. The van der Waals surface area contributed by atoms with Gasteiger partial charge in [0.1, 0.15) is 0 Å². The molecular weight excluding hydrogens is 352 g/mol. The number of carbonyl (C=O) groups excluding carboxylic acids is 2. The number of nitrogens with two attached hydrogens (primary N) is 1. The van der Waals surface area contributed by atoms with E-state index in [1.165, 1.54) is 5.69 Å². The zero-order chi connectivity index (χ0) is 18.3. The average molecular weight is 383 g/mol. The molecule has 2 amide bonds. The van der Waals surface area contributed by atoms with Crippen LogP contribution >= 0.6 is 12.4 Å². The van der Waals surface area contributed by atoms with Crippen LogP contribution in [0.5, 0.6) is 0 Å². The number of anilines is 1. The zero-order valence-electron chi connectivity index (χ0n) is 15.7. The van der Waals surface area contributed by atoms with Gasteiger partial charge in [-0.05, 0) is 25.5 Å². The molecule has 0 aromatic heterocycles. The van der Waals surface area contributed by atoms with Crippen molar-refractivity contribution in [2.45, 2.75) is 38.6 Å². The fourth-order valence-electron chi connectivity index (χ4n) is 3.13.